The molecule has 1 saturated heterocycles. The molecular weight excluding hydrogens is 498 g/mol. The largest absolute Gasteiger partial charge is 0.481 e. The quantitative estimate of drug-likeness (QED) is 0.524. The third-order valence-corrected chi connectivity index (χ3v) is 9.26. The molecule has 0 radical (unpaired) electrons. The van der Waals surface area contributed by atoms with E-state index in [4.69, 9.17) is 14.2 Å². The minimum absolute atomic E-state index is 0.116. The number of hydrogen-bond acceptors (Lipinski definition) is 8. The Hall–Kier alpha value is -3.20. The molecule has 0 amide bonds. The molecule has 8 heteroatoms. The molecule has 6 rings (SSSR count). The average Bonchev–Trinajstić information content (AvgIpc) is 3.28. The van der Waals surface area contributed by atoms with Crippen molar-refractivity contribution in [2.24, 2.45) is 5.92 Å². The van der Waals surface area contributed by atoms with Gasteiger partial charge in [0, 0.05) is 23.6 Å². The van der Waals surface area contributed by atoms with Gasteiger partial charge in [0.15, 0.2) is 12.2 Å². The fourth-order valence-electron chi connectivity index (χ4n) is 7.22. The SMILES string of the molecule is C[C@H](OC(=O)[C@@H](C)Cc1ccccc1)C(=O)OC1=CC[C@@]2(O)[C@H]3Cc4ccc(CO)c5c4C2(CCN3C)C1O5. The number of esters is 2. The second-order valence-electron chi connectivity index (χ2n) is 11.5. The zero-order valence-electron chi connectivity index (χ0n) is 22.6. The van der Waals surface area contributed by atoms with E-state index >= 15 is 0 Å². The van der Waals surface area contributed by atoms with E-state index in [-0.39, 0.29) is 12.6 Å². The van der Waals surface area contributed by atoms with Gasteiger partial charge >= 0.3 is 11.9 Å². The normalized spacial score (nSPS) is 29.9. The summed E-state index contributed by atoms with van der Waals surface area (Å²) < 4.78 is 17.9. The first-order chi connectivity index (χ1) is 18.7. The summed E-state index contributed by atoms with van der Waals surface area (Å²) >= 11 is 0. The summed E-state index contributed by atoms with van der Waals surface area (Å²) in [5.74, 6) is -0.681. The van der Waals surface area contributed by atoms with E-state index in [1.807, 2.05) is 49.5 Å². The molecule has 1 spiro atoms. The highest BCUT2D eigenvalue weighted by atomic mass is 16.6. The Morgan fingerprint density at radius 2 is 1.92 bits per heavy atom. The van der Waals surface area contributed by atoms with Crippen molar-refractivity contribution in [2.75, 3.05) is 13.6 Å². The maximum absolute atomic E-state index is 13.2. The molecule has 2 N–H and O–H groups in total. The molecule has 4 aliphatic rings. The lowest BCUT2D eigenvalue weighted by atomic mass is 9.50. The summed E-state index contributed by atoms with van der Waals surface area (Å²) in [6, 6.07) is 13.4. The van der Waals surface area contributed by atoms with Crippen LogP contribution in [0.5, 0.6) is 5.75 Å². The van der Waals surface area contributed by atoms with E-state index in [1.54, 1.807) is 13.0 Å². The van der Waals surface area contributed by atoms with Gasteiger partial charge in [-0.25, -0.2) is 4.79 Å². The van der Waals surface area contributed by atoms with Crippen LogP contribution in [0.1, 0.15) is 48.9 Å². The minimum Gasteiger partial charge on any atom is -0.481 e. The van der Waals surface area contributed by atoms with Crippen LogP contribution in [0.2, 0.25) is 0 Å². The van der Waals surface area contributed by atoms with Gasteiger partial charge in [0.05, 0.1) is 23.5 Å². The zero-order valence-corrected chi connectivity index (χ0v) is 22.6. The number of likely N-dealkylation sites (tertiary alicyclic amines) is 1. The van der Waals surface area contributed by atoms with E-state index < -0.39 is 41.1 Å². The molecule has 2 aromatic rings. The second kappa shape index (κ2) is 9.47. The third-order valence-electron chi connectivity index (χ3n) is 9.26. The van der Waals surface area contributed by atoms with Crippen molar-refractivity contribution in [2.45, 2.75) is 75.4 Å². The molecule has 1 fully saturated rings. The lowest BCUT2D eigenvalue weighted by molar-refractivity contribution is -0.176. The van der Waals surface area contributed by atoms with Gasteiger partial charge in [-0.2, -0.15) is 0 Å². The van der Waals surface area contributed by atoms with E-state index in [2.05, 4.69) is 4.90 Å². The van der Waals surface area contributed by atoms with Crippen LogP contribution < -0.4 is 4.74 Å². The Bertz CT molecular complexity index is 1340. The molecule has 0 saturated carbocycles. The first-order valence-corrected chi connectivity index (χ1v) is 13.7. The summed E-state index contributed by atoms with van der Waals surface area (Å²) in [7, 11) is 2.03. The molecule has 6 atom stereocenters. The van der Waals surface area contributed by atoms with Gasteiger partial charge in [0.2, 0.25) is 0 Å². The molecule has 2 bridgehead atoms. The van der Waals surface area contributed by atoms with Crippen LogP contribution in [0.25, 0.3) is 0 Å². The van der Waals surface area contributed by atoms with Gasteiger partial charge in [-0.15, -0.1) is 0 Å². The molecule has 39 heavy (non-hydrogen) atoms. The predicted molar refractivity (Wildman–Crippen MR) is 142 cm³/mol. The number of aliphatic hydroxyl groups is 2. The van der Waals surface area contributed by atoms with Gasteiger partial charge in [0.1, 0.15) is 11.5 Å². The zero-order chi connectivity index (χ0) is 27.5. The first kappa shape index (κ1) is 26.0. The smallest absolute Gasteiger partial charge is 0.352 e. The van der Waals surface area contributed by atoms with Gasteiger partial charge in [0.25, 0.3) is 0 Å². The summed E-state index contributed by atoms with van der Waals surface area (Å²) in [5.41, 5.74) is 1.78. The molecule has 8 nitrogen and oxygen atoms in total. The number of likely N-dealkylation sites (N-methyl/N-ethyl adjacent to an activating group) is 1. The lowest BCUT2D eigenvalue weighted by Crippen LogP contribution is -2.74. The summed E-state index contributed by atoms with van der Waals surface area (Å²) in [6.07, 6.45) is 2.01. The van der Waals surface area contributed by atoms with Crippen molar-refractivity contribution < 1.29 is 34.0 Å². The number of piperidine rings is 1. The Morgan fingerprint density at radius 3 is 2.67 bits per heavy atom. The molecule has 2 unspecified atom stereocenters. The molecule has 2 aliphatic heterocycles. The maximum Gasteiger partial charge on any atom is 0.352 e. The summed E-state index contributed by atoms with van der Waals surface area (Å²) in [6.45, 7) is 3.84. The van der Waals surface area contributed by atoms with Gasteiger partial charge < -0.3 is 29.3 Å². The highest BCUT2D eigenvalue weighted by Crippen LogP contribution is 2.64. The van der Waals surface area contributed by atoms with Crippen molar-refractivity contribution in [3.63, 3.8) is 0 Å². The maximum atomic E-state index is 13.2. The van der Waals surface area contributed by atoms with E-state index in [9.17, 15) is 19.8 Å². The number of nitrogens with zero attached hydrogens (tertiary/aromatic N) is 1. The number of rotatable bonds is 7. The van der Waals surface area contributed by atoms with Crippen molar-refractivity contribution >= 4 is 11.9 Å². The fourth-order valence-corrected chi connectivity index (χ4v) is 7.22. The molecule has 206 valence electrons. The Labute approximate surface area is 228 Å². The monoisotopic (exact) mass is 533 g/mol. The predicted octanol–water partition coefficient (Wildman–Crippen LogP) is 2.81. The number of ether oxygens (including phenoxy) is 3. The number of carbonyl (C=O) groups is 2. The standard InChI is InChI=1S/C31H35NO7/c1-18(15-20-7-5-4-6-8-20)28(34)37-19(2)29(35)38-23-11-12-31(36)24-16-21-9-10-22(17-33)26-25(21)30(31,27(23)39-26)13-14-32(24)3/h4-11,18-19,24,27,33,36H,12-17H2,1-3H3/t18-,19-,24+,27?,30?,31+/m0/s1. The topological polar surface area (TPSA) is 106 Å². The van der Waals surface area contributed by atoms with E-state index in [0.717, 1.165) is 23.2 Å². The van der Waals surface area contributed by atoms with Crippen LogP contribution in [0, 0.1) is 5.92 Å². The highest BCUT2D eigenvalue weighted by molar-refractivity contribution is 5.81. The first-order valence-electron chi connectivity index (χ1n) is 13.7. The number of hydrogen-bond donors (Lipinski definition) is 2. The molecule has 2 aromatic carbocycles. The number of carbonyl (C=O) groups excluding carboxylic acids is 2. The van der Waals surface area contributed by atoms with Crippen LogP contribution in [0.15, 0.2) is 54.3 Å². The molecule has 0 aromatic heterocycles. The average molecular weight is 534 g/mol. The Morgan fingerprint density at radius 1 is 1.15 bits per heavy atom. The third kappa shape index (κ3) is 3.84. The summed E-state index contributed by atoms with van der Waals surface area (Å²) in [5, 5.41) is 22.3. The highest BCUT2D eigenvalue weighted by Gasteiger charge is 2.71. The van der Waals surface area contributed by atoms with Crippen LogP contribution in [-0.4, -0.2) is 64.5 Å². The minimum atomic E-state index is -1.11. The Kier molecular flexibility index (Phi) is 6.32. The van der Waals surface area contributed by atoms with Crippen molar-refractivity contribution in [1.82, 2.24) is 4.90 Å². The van der Waals surface area contributed by atoms with Gasteiger partial charge in [-0.3, -0.25) is 4.79 Å². The van der Waals surface area contributed by atoms with Crippen molar-refractivity contribution in [3.8, 4) is 5.75 Å². The van der Waals surface area contributed by atoms with Gasteiger partial charge in [-0.05, 0) is 57.0 Å². The number of benzene rings is 2. The lowest BCUT2D eigenvalue weighted by Gasteiger charge is -2.61. The van der Waals surface area contributed by atoms with Gasteiger partial charge in [-0.1, -0.05) is 49.4 Å². The summed E-state index contributed by atoms with van der Waals surface area (Å²) in [4.78, 5) is 28.1. The molecule has 2 aliphatic carbocycles. The van der Waals surface area contributed by atoms with E-state index in [1.165, 1.54) is 6.92 Å². The second-order valence-corrected chi connectivity index (χ2v) is 11.5. The van der Waals surface area contributed by atoms with Crippen LogP contribution >= 0.6 is 0 Å². The molecule has 2 heterocycles. The van der Waals surface area contributed by atoms with Crippen LogP contribution in [0.3, 0.4) is 0 Å². The fraction of sp³-hybridized carbons (Fsp3) is 0.484. The van der Waals surface area contributed by atoms with Crippen LogP contribution in [-0.2, 0) is 43.9 Å². The van der Waals surface area contributed by atoms with E-state index in [0.29, 0.717) is 42.8 Å². The Balaban J connectivity index is 1.24. The van der Waals surface area contributed by atoms with Crippen LogP contribution in [0.4, 0.5) is 0 Å². The molecular formula is C31H35NO7. The van der Waals surface area contributed by atoms with Crippen molar-refractivity contribution in [3.05, 3.63) is 76.6 Å². The van der Waals surface area contributed by atoms with Crippen molar-refractivity contribution in [1.29, 1.82) is 0 Å². The number of aliphatic hydroxyl groups excluding tert-OH is 1.